The summed E-state index contributed by atoms with van der Waals surface area (Å²) in [6.45, 7) is 3.86. The van der Waals surface area contributed by atoms with Gasteiger partial charge >= 0.3 is 0 Å². The lowest BCUT2D eigenvalue weighted by atomic mass is 9.94. The van der Waals surface area contributed by atoms with Crippen LogP contribution in [0.4, 0.5) is 0 Å². The van der Waals surface area contributed by atoms with E-state index in [1.807, 2.05) is 13.8 Å². The number of aliphatic hydroxyl groups is 1. The average Bonchev–Trinajstić information content (AvgIpc) is 2.27. The lowest BCUT2D eigenvalue weighted by Crippen LogP contribution is -2.30. The van der Waals surface area contributed by atoms with Gasteiger partial charge in [-0.2, -0.15) is 0 Å². The zero-order valence-electron chi connectivity index (χ0n) is 9.77. The molecule has 0 aliphatic rings. The molecule has 0 unspecified atom stereocenters. The Balaban J connectivity index is 2.96. The molecule has 0 spiro atoms. The summed E-state index contributed by atoms with van der Waals surface area (Å²) in [5, 5.41) is 10.4. The van der Waals surface area contributed by atoms with Gasteiger partial charge in [0.15, 0.2) is 0 Å². The Morgan fingerprint density at radius 3 is 2.50 bits per heavy atom. The van der Waals surface area contributed by atoms with Crippen LogP contribution < -0.4 is 10.5 Å². The fourth-order valence-corrected chi connectivity index (χ4v) is 1.69. The molecule has 1 rings (SSSR count). The molecule has 0 saturated heterocycles. The average molecular weight is 244 g/mol. The molecule has 4 heteroatoms. The molecule has 0 aromatic heterocycles. The minimum Gasteiger partial charge on any atom is -0.495 e. The minimum atomic E-state index is -0.578. The molecule has 0 aliphatic carbocycles. The van der Waals surface area contributed by atoms with E-state index in [0.29, 0.717) is 10.8 Å². The third-order valence-electron chi connectivity index (χ3n) is 2.61. The van der Waals surface area contributed by atoms with Crippen molar-refractivity contribution in [2.24, 2.45) is 11.7 Å². The quantitative estimate of drug-likeness (QED) is 0.854. The van der Waals surface area contributed by atoms with Gasteiger partial charge in [-0.15, -0.1) is 0 Å². The Morgan fingerprint density at radius 1 is 1.38 bits per heavy atom. The van der Waals surface area contributed by atoms with Crippen LogP contribution in [0.2, 0.25) is 5.02 Å². The molecular weight excluding hydrogens is 226 g/mol. The maximum atomic E-state index is 9.88. The number of halogens is 1. The Morgan fingerprint density at radius 2 is 2.00 bits per heavy atom. The summed E-state index contributed by atoms with van der Waals surface area (Å²) >= 11 is 5.91. The van der Waals surface area contributed by atoms with Crippen LogP contribution in [0.25, 0.3) is 0 Å². The van der Waals surface area contributed by atoms with Crippen molar-refractivity contribution >= 4 is 11.6 Å². The zero-order valence-corrected chi connectivity index (χ0v) is 10.5. The minimum absolute atomic E-state index is 0.108. The van der Waals surface area contributed by atoms with Gasteiger partial charge in [0, 0.05) is 0 Å². The molecule has 0 bridgehead atoms. The summed E-state index contributed by atoms with van der Waals surface area (Å²) < 4.78 is 5.11. The summed E-state index contributed by atoms with van der Waals surface area (Å²) in [4.78, 5) is 0. The second-order valence-corrected chi connectivity index (χ2v) is 4.56. The Hall–Kier alpha value is -0.770. The Labute approximate surface area is 101 Å². The summed E-state index contributed by atoms with van der Waals surface area (Å²) in [5.41, 5.74) is 6.79. The van der Waals surface area contributed by atoms with E-state index >= 15 is 0 Å². The lowest BCUT2D eigenvalue weighted by molar-refractivity contribution is 0.0979. The highest BCUT2D eigenvalue weighted by Gasteiger charge is 2.20. The van der Waals surface area contributed by atoms with Gasteiger partial charge in [-0.1, -0.05) is 31.5 Å². The highest BCUT2D eigenvalue weighted by Crippen LogP contribution is 2.29. The largest absolute Gasteiger partial charge is 0.495 e. The van der Waals surface area contributed by atoms with Crippen LogP contribution in [0.5, 0.6) is 5.75 Å². The number of hydrogen-bond acceptors (Lipinski definition) is 3. The molecule has 1 aromatic rings. The van der Waals surface area contributed by atoms with Gasteiger partial charge in [-0.05, 0) is 23.6 Å². The first-order valence-corrected chi connectivity index (χ1v) is 5.62. The standard InChI is InChI=1S/C12H18ClNO2/c1-7(2)12(15)11(14)8-4-5-9(13)10(6-8)16-3/h4-7,11-12,15H,14H2,1-3H3/t11-,12+/m0/s1. The number of nitrogens with two attached hydrogens (primary N) is 1. The molecule has 16 heavy (non-hydrogen) atoms. The molecular formula is C12H18ClNO2. The molecule has 3 N–H and O–H groups in total. The molecule has 1 aromatic carbocycles. The number of benzene rings is 1. The summed E-state index contributed by atoms with van der Waals surface area (Å²) in [6, 6.07) is 4.87. The summed E-state index contributed by atoms with van der Waals surface area (Å²) in [7, 11) is 1.55. The van der Waals surface area contributed by atoms with Gasteiger partial charge in [-0.25, -0.2) is 0 Å². The van der Waals surface area contributed by atoms with Crippen molar-refractivity contribution in [3.63, 3.8) is 0 Å². The fraction of sp³-hybridized carbons (Fsp3) is 0.500. The van der Waals surface area contributed by atoms with E-state index in [-0.39, 0.29) is 5.92 Å². The first kappa shape index (κ1) is 13.3. The van der Waals surface area contributed by atoms with E-state index in [0.717, 1.165) is 5.56 Å². The molecule has 0 amide bonds. The third-order valence-corrected chi connectivity index (χ3v) is 2.92. The molecule has 0 fully saturated rings. The number of methoxy groups -OCH3 is 1. The van der Waals surface area contributed by atoms with Crippen molar-refractivity contribution in [2.75, 3.05) is 7.11 Å². The molecule has 3 nitrogen and oxygen atoms in total. The molecule has 0 saturated carbocycles. The van der Waals surface area contributed by atoms with Crippen molar-refractivity contribution in [3.8, 4) is 5.75 Å². The van der Waals surface area contributed by atoms with Crippen LogP contribution in [-0.4, -0.2) is 18.3 Å². The summed E-state index contributed by atoms with van der Waals surface area (Å²) in [5.74, 6) is 0.683. The third kappa shape index (κ3) is 2.88. The number of hydrogen-bond donors (Lipinski definition) is 2. The van der Waals surface area contributed by atoms with Crippen LogP contribution in [0, 0.1) is 5.92 Å². The van der Waals surface area contributed by atoms with Crippen LogP contribution in [0.3, 0.4) is 0 Å². The molecule has 0 radical (unpaired) electrons. The lowest BCUT2D eigenvalue weighted by Gasteiger charge is -2.22. The van der Waals surface area contributed by atoms with Crippen LogP contribution in [0.1, 0.15) is 25.5 Å². The van der Waals surface area contributed by atoms with Gasteiger partial charge < -0.3 is 15.6 Å². The van der Waals surface area contributed by atoms with Crippen molar-refractivity contribution in [3.05, 3.63) is 28.8 Å². The highest BCUT2D eigenvalue weighted by molar-refractivity contribution is 6.32. The molecule has 2 atom stereocenters. The SMILES string of the molecule is COc1cc([C@H](N)[C@H](O)C(C)C)ccc1Cl. The van der Waals surface area contributed by atoms with E-state index in [2.05, 4.69) is 0 Å². The zero-order chi connectivity index (χ0) is 12.3. The van der Waals surface area contributed by atoms with E-state index in [1.54, 1.807) is 25.3 Å². The van der Waals surface area contributed by atoms with Crippen molar-refractivity contribution in [1.82, 2.24) is 0 Å². The van der Waals surface area contributed by atoms with Crippen molar-refractivity contribution in [1.29, 1.82) is 0 Å². The van der Waals surface area contributed by atoms with Crippen LogP contribution in [0.15, 0.2) is 18.2 Å². The topological polar surface area (TPSA) is 55.5 Å². The second-order valence-electron chi connectivity index (χ2n) is 4.15. The van der Waals surface area contributed by atoms with Crippen molar-refractivity contribution in [2.45, 2.75) is 26.0 Å². The molecule has 0 heterocycles. The maximum absolute atomic E-state index is 9.88. The van der Waals surface area contributed by atoms with E-state index in [9.17, 15) is 5.11 Å². The van der Waals surface area contributed by atoms with E-state index < -0.39 is 12.1 Å². The first-order chi connectivity index (χ1) is 7.47. The maximum Gasteiger partial charge on any atom is 0.137 e. The summed E-state index contributed by atoms with van der Waals surface area (Å²) in [6.07, 6.45) is -0.578. The van der Waals surface area contributed by atoms with Crippen molar-refractivity contribution < 1.29 is 9.84 Å². The van der Waals surface area contributed by atoms with Gasteiger partial charge in [0.05, 0.1) is 24.3 Å². The first-order valence-electron chi connectivity index (χ1n) is 5.24. The van der Waals surface area contributed by atoms with Crippen LogP contribution >= 0.6 is 11.6 Å². The predicted octanol–water partition coefficient (Wildman–Crippen LogP) is 2.37. The number of rotatable bonds is 4. The fourth-order valence-electron chi connectivity index (χ4n) is 1.50. The van der Waals surface area contributed by atoms with E-state index in [4.69, 9.17) is 22.1 Å². The monoisotopic (exact) mass is 243 g/mol. The predicted molar refractivity (Wildman–Crippen MR) is 65.8 cm³/mol. The number of aliphatic hydroxyl groups excluding tert-OH is 1. The number of ether oxygens (including phenoxy) is 1. The van der Waals surface area contributed by atoms with Gasteiger partial charge in [0.25, 0.3) is 0 Å². The van der Waals surface area contributed by atoms with E-state index in [1.165, 1.54) is 0 Å². The Bertz CT molecular complexity index is 355. The Kier molecular flexibility index (Phi) is 4.59. The highest BCUT2D eigenvalue weighted by atomic mass is 35.5. The van der Waals surface area contributed by atoms with Crippen LogP contribution in [-0.2, 0) is 0 Å². The molecule has 90 valence electrons. The van der Waals surface area contributed by atoms with Gasteiger partial charge in [0.1, 0.15) is 5.75 Å². The van der Waals surface area contributed by atoms with Gasteiger partial charge in [0.2, 0.25) is 0 Å². The molecule has 0 aliphatic heterocycles. The van der Waals surface area contributed by atoms with Gasteiger partial charge in [-0.3, -0.25) is 0 Å². The second kappa shape index (κ2) is 5.53. The smallest absolute Gasteiger partial charge is 0.137 e. The normalized spacial score (nSPS) is 14.9.